The van der Waals surface area contributed by atoms with Crippen molar-refractivity contribution in [1.82, 2.24) is 0 Å². The lowest BCUT2D eigenvalue weighted by Crippen LogP contribution is -2.34. The Morgan fingerprint density at radius 1 is 1.27 bits per heavy atom. The molecule has 0 spiro atoms. The van der Waals surface area contributed by atoms with Crippen LogP contribution in [0.5, 0.6) is 0 Å². The molecule has 84 valence electrons. The lowest BCUT2D eigenvalue weighted by molar-refractivity contribution is -0.683. The number of nitrogens with zero attached hydrogens (tertiary/aromatic N) is 2. The Balaban J connectivity index is 3.25. The van der Waals surface area contributed by atoms with Crippen LogP contribution in [0, 0.1) is 13.8 Å². The Kier molecular flexibility index (Phi) is 3.62. The average molecular weight is 231 g/mol. The van der Waals surface area contributed by atoms with Gasteiger partial charge >= 0.3 is 7.74 Å². The van der Waals surface area contributed by atoms with Crippen molar-refractivity contribution in [1.29, 1.82) is 0 Å². The molecule has 6 heteroatoms. The number of aromatic nitrogens is 1. The minimum atomic E-state index is -3.58. The second kappa shape index (κ2) is 4.41. The van der Waals surface area contributed by atoms with Gasteiger partial charge in [-0.05, 0) is 0 Å². The summed E-state index contributed by atoms with van der Waals surface area (Å²) in [5.74, 6) is 0. The number of rotatable bonds is 2. The van der Waals surface area contributed by atoms with Gasteiger partial charge in [-0.25, -0.2) is 4.57 Å². The van der Waals surface area contributed by atoms with Crippen molar-refractivity contribution < 1.29 is 18.9 Å². The van der Waals surface area contributed by atoms with Gasteiger partial charge in [0.15, 0.2) is 11.4 Å². The summed E-state index contributed by atoms with van der Waals surface area (Å²) in [5, 5.41) is 0. The predicted molar refractivity (Wildman–Crippen MR) is 57.5 cm³/mol. The second-order valence-corrected chi connectivity index (χ2v) is 4.94. The first-order valence-electron chi connectivity index (χ1n) is 4.46. The van der Waals surface area contributed by atoms with Gasteiger partial charge in [-0.2, -0.15) is 4.74 Å². The molecule has 0 aliphatic carbocycles. The Bertz CT molecular complexity index is 402. The molecule has 0 saturated heterocycles. The number of aryl methyl sites for hydroxylation is 2. The van der Waals surface area contributed by atoms with Crippen LogP contribution in [0.4, 0.5) is 5.69 Å². The molecular weight excluding hydrogens is 215 g/mol. The lowest BCUT2D eigenvalue weighted by Gasteiger charge is -2.07. The van der Waals surface area contributed by atoms with Crippen LogP contribution in [-0.4, -0.2) is 16.9 Å². The van der Waals surface area contributed by atoms with Crippen LogP contribution in [0.2, 0.25) is 0 Å². The normalized spacial score (nSPS) is 11.6. The van der Waals surface area contributed by atoms with E-state index >= 15 is 0 Å². The molecule has 0 bridgehead atoms. The SMILES string of the molecule is COP(O)(O)=Nc1cc(C)[n+](C)c(C)c1. The summed E-state index contributed by atoms with van der Waals surface area (Å²) in [6.07, 6.45) is 0. The largest absolute Gasteiger partial charge is 0.355 e. The van der Waals surface area contributed by atoms with Crippen LogP contribution in [0.3, 0.4) is 0 Å². The van der Waals surface area contributed by atoms with Crippen LogP contribution < -0.4 is 4.57 Å². The highest BCUT2D eigenvalue weighted by Gasteiger charge is 2.13. The van der Waals surface area contributed by atoms with E-state index < -0.39 is 7.74 Å². The molecule has 2 N–H and O–H groups in total. The third kappa shape index (κ3) is 3.11. The van der Waals surface area contributed by atoms with Gasteiger partial charge in [-0.3, -0.25) is 0 Å². The average Bonchev–Trinajstić information content (AvgIpc) is 2.13. The summed E-state index contributed by atoms with van der Waals surface area (Å²) in [6, 6.07) is 3.54. The number of hydrogen-bond donors (Lipinski definition) is 2. The molecule has 0 aliphatic rings. The Hall–Kier alpha value is -0.740. The van der Waals surface area contributed by atoms with Gasteiger partial charge in [-0.1, -0.05) is 0 Å². The van der Waals surface area contributed by atoms with Gasteiger partial charge in [0.25, 0.3) is 0 Å². The highest BCUT2D eigenvalue weighted by atomic mass is 31.2. The molecule has 0 aliphatic heterocycles. The first kappa shape index (κ1) is 12.3. The van der Waals surface area contributed by atoms with Crippen LogP contribution in [0.1, 0.15) is 11.4 Å². The topological polar surface area (TPSA) is 65.9 Å². The third-order valence-electron chi connectivity index (χ3n) is 2.26. The molecule has 0 amide bonds. The molecule has 1 aromatic rings. The highest BCUT2D eigenvalue weighted by molar-refractivity contribution is 7.49. The number of hydrogen-bond acceptors (Lipinski definition) is 2. The van der Waals surface area contributed by atoms with E-state index in [9.17, 15) is 9.79 Å². The Labute approximate surface area is 89.3 Å². The van der Waals surface area contributed by atoms with Crippen molar-refractivity contribution in [2.24, 2.45) is 11.8 Å². The highest BCUT2D eigenvalue weighted by Crippen LogP contribution is 2.43. The summed E-state index contributed by atoms with van der Waals surface area (Å²) in [4.78, 5) is 18.6. The maximum Gasteiger partial charge on any atom is 0.355 e. The fraction of sp³-hybridized carbons (Fsp3) is 0.444. The molecule has 0 atom stereocenters. The van der Waals surface area contributed by atoms with E-state index in [1.165, 1.54) is 7.11 Å². The van der Waals surface area contributed by atoms with Crippen LogP contribution >= 0.6 is 7.74 Å². The quantitative estimate of drug-likeness (QED) is 0.596. The van der Waals surface area contributed by atoms with Gasteiger partial charge in [0, 0.05) is 33.1 Å². The van der Waals surface area contributed by atoms with E-state index in [1.54, 1.807) is 12.1 Å². The molecule has 0 fully saturated rings. The molecule has 0 unspecified atom stereocenters. The van der Waals surface area contributed by atoms with Crippen molar-refractivity contribution >= 4 is 13.4 Å². The van der Waals surface area contributed by atoms with E-state index in [0.29, 0.717) is 5.69 Å². The summed E-state index contributed by atoms with van der Waals surface area (Å²) in [5.41, 5.74) is 2.50. The summed E-state index contributed by atoms with van der Waals surface area (Å²) < 4.78 is 10.2. The fourth-order valence-electron chi connectivity index (χ4n) is 1.19. The van der Waals surface area contributed by atoms with E-state index in [1.807, 2.05) is 25.5 Å². The van der Waals surface area contributed by atoms with Gasteiger partial charge in [0.2, 0.25) is 0 Å². The third-order valence-corrected chi connectivity index (χ3v) is 3.24. The standard InChI is InChI=1S/C9H16N2O3P/c1-7-5-9(6-8(2)11(7)3)10-15(12,13)14-4/h5-6,12-13H,1-4H3/q+1. The van der Waals surface area contributed by atoms with Crippen molar-refractivity contribution in [3.63, 3.8) is 0 Å². The van der Waals surface area contributed by atoms with Gasteiger partial charge in [-0.15, -0.1) is 0 Å². The predicted octanol–water partition coefficient (Wildman–Crippen LogP) is 1.34. The summed E-state index contributed by atoms with van der Waals surface area (Å²) in [7, 11) is -0.427. The van der Waals surface area contributed by atoms with Crippen LogP contribution in [-0.2, 0) is 11.6 Å². The monoisotopic (exact) mass is 231 g/mol. The lowest BCUT2D eigenvalue weighted by atomic mass is 10.3. The van der Waals surface area contributed by atoms with E-state index in [2.05, 4.69) is 9.27 Å². The van der Waals surface area contributed by atoms with Crippen molar-refractivity contribution in [2.75, 3.05) is 7.11 Å². The molecular formula is C9H16N2O3P+. The zero-order chi connectivity index (χ0) is 11.6. The van der Waals surface area contributed by atoms with Crippen molar-refractivity contribution in [2.45, 2.75) is 13.8 Å². The maximum atomic E-state index is 9.30. The Morgan fingerprint density at radius 3 is 2.13 bits per heavy atom. The summed E-state index contributed by atoms with van der Waals surface area (Å²) >= 11 is 0. The molecule has 15 heavy (non-hydrogen) atoms. The van der Waals surface area contributed by atoms with Crippen molar-refractivity contribution in [3.8, 4) is 0 Å². The van der Waals surface area contributed by atoms with Gasteiger partial charge in [0.1, 0.15) is 7.05 Å². The maximum absolute atomic E-state index is 9.30. The van der Waals surface area contributed by atoms with Gasteiger partial charge < -0.3 is 14.3 Å². The first-order valence-corrected chi connectivity index (χ1v) is 6.03. The Morgan fingerprint density at radius 2 is 1.73 bits per heavy atom. The molecule has 1 aromatic heterocycles. The number of pyridine rings is 1. The smallest absolute Gasteiger partial charge is 0.318 e. The van der Waals surface area contributed by atoms with E-state index in [4.69, 9.17) is 0 Å². The van der Waals surface area contributed by atoms with Gasteiger partial charge in [0.05, 0.1) is 5.69 Å². The molecule has 1 heterocycles. The van der Waals surface area contributed by atoms with Crippen LogP contribution in [0.15, 0.2) is 16.9 Å². The van der Waals surface area contributed by atoms with E-state index in [0.717, 1.165) is 11.4 Å². The van der Waals surface area contributed by atoms with Crippen molar-refractivity contribution in [3.05, 3.63) is 23.5 Å². The second-order valence-electron chi connectivity index (χ2n) is 3.35. The fourth-order valence-corrected chi connectivity index (χ4v) is 1.69. The molecule has 0 radical (unpaired) electrons. The molecule has 1 rings (SSSR count). The molecule has 0 saturated carbocycles. The first-order chi connectivity index (χ1) is 6.85. The summed E-state index contributed by atoms with van der Waals surface area (Å²) in [6.45, 7) is 3.85. The minimum absolute atomic E-state index is 0.517. The minimum Gasteiger partial charge on any atom is -0.318 e. The zero-order valence-corrected chi connectivity index (χ0v) is 10.2. The zero-order valence-electron chi connectivity index (χ0n) is 9.30. The molecule has 5 nitrogen and oxygen atoms in total. The van der Waals surface area contributed by atoms with Crippen LogP contribution in [0.25, 0.3) is 0 Å². The van der Waals surface area contributed by atoms with E-state index in [-0.39, 0.29) is 0 Å². The molecule has 0 aromatic carbocycles.